The van der Waals surface area contributed by atoms with E-state index in [-0.39, 0.29) is 13.7 Å². The van der Waals surface area contributed by atoms with E-state index in [0.717, 1.165) is 23.2 Å². The molecule has 1 aliphatic heterocycles. The summed E-state index contributed by atoms with van der Waals surface area (Å²) in [6, 6.07) is 0.712. The van der Waals surface area contributed by atoms with Crippen LogP contribution in [0.25, 0.3) is 0 Å². The van der Waals surface area contributed by atoms with Crippen LogP contribution in [0.3, 0.4) is 0 Å². The zero-order valence-electron chi connectivity index (χ0n) is 20.1. The fraction of sp³-hybridized carbons (Fsp3) is 1.00. The summed E-state index contributed by atoms with van der Waals surface area (Å²) in [6.45, 7) is 1.39. The normalized spacial score (nSPS) is 31.4. The Kier molecular flexibility index (Phi) is 8.36. The van der Waals surface area contributed by atoms with Crippen molar-refractivity contribution in [3.8, 4) is 0 Å². The van der Waals surface area contributed by atoms with Gasteiger partial charge in [0.05, 0.1) is 5.60 Å². The maximum atomic E-state index is 6.89. The third-order valence-corrected chi connectivity index (χ3v) is 14.1. The predicted octanol–water partition coefficient (Wildman–Crippen LogP) is 8.44. The molecule has 31 heavy (non-hydrogen) atoms. The Bertz CT molecular complexity index is 513. The van der Waals surface area contributed by atoms with Crippen LogP contribution in [-0.4, -0.2) is 34.2 Å². The molecule has 2 unspecified atom stereocenters. The van der Waals surface area contributed by atoms with Crippen molar-refractivity contribution in [3.05, 3.63) is 0 Å². The van der Waals surface area contributed by atoms with Crippen molar-refractivity contribution in [2.24, 2.45) is 11.8 Å². The molecule has 0 aromatic rings. The maximum Gasteiger partial charge on any atom is 0.0931 e. The Labute approximate surface area is 196 Å². The van der Waals surface area contributed by atoms with Crippen molar-refractivity contribution in [2.75, 3.05) is 6.54 Å². The van der Waals surface area contributed by atoms with E-state index in [2.05, 4.69) is 14.1 Å². The molecule has 0 aromatic carbocycles. The van der Waals surface area contributed by atoms with Crippen LogP contribution in [-0.2, 0) is 4.52 Å². The molecule has 1 heterocycles. The van der Waals surface area contributed by atoms with E-state index < -0.39 is 0 Å². The van der Waals surface area contributed by atoms with Gasteiger partial charge in [-0.15, -0.1) is 0 Å². The molecule has 4 saturated carbocycles. The molecular weight excluding hydrogens is 416 g/mol. The molecule has 0 spiro atoms. The van der Waals surface area contributed by atoms with E-state index in [1.165, 1.54) is 135 Å². The van der Waals surface area contributed by atoms with Crippen LogP contribution in [0.15, 0.2) is 0 Å². The van der Waals surface area contributed by atoms with Gasteiger partial charge in [0.1, 0.15) is 0 Å². The van der Waals surface area contributed by atoms with E-state index in [1.54, 1.807) is 0 Å². The van der Waals surface area contributed by atoms with E-state index in [4.69, 9.17) is 4.52 Å². The van der Waals surface area contributed by atoms with Gasteiger partial charge in [0.2, 0.25) is 0 Å². The standard InChI is InChI=1S/C27H49NOP2/c30-29-27(22-12-3-1-4-13-22,23-14-5-2-6-15-23)26-20-11-21-28(26)31(24-16-7-8-17-24)25-18-9-10-19-25/h22-26H,1-21,30H2. The van der Waals surface area contributed by atoms with Crippen LogP contribution in [0.2, 0.25) is 0 Å². The zero-order chi connectivity index (χ0) is 21.1. The van der Waals surface area contributed by atoms with Gasteiger partial charge in [-0.05, 0) is 95.4 Å². The third-order valence-electron chi connectivity index (χ3n) is 10.1. The quantitative estimate of drug-likeness (QED) is 0.350. The molecular formula is C27H49NOP2. The molecule has 4 heteroatoms. The molecule has 2 atom stereocenters. The van der Waals surface area contributed by atoms with Crippen LogP contribution in [0, 0.1) is 11.8 Å². The molecule has 1 saturated heterocycles. The predicted molar refractivity (Wildman–Crippen MR) is 138 cm³/mol. The highest BCUT2D eigenvalue weighted by atomic mass is 31.1. The third kappa shape index (κ3) is 4.68. The first-order chi connectivity index (χ1) is 15.3. The molecule has 0 N–H and O–H groups in total. The van der Waals surface area contributed by atoms with Gasteiger partial charge in [0.25, 0.3) is 0 Å². The summed E-state index contributed by atoms with van der Waals surface area (Å²) in [6.07, 6.45) is 29.4. The highest BCUT2D eigenvalue weighted by Crippen LogP contribution is 2.64. The Hall–Kier alpha value is 0.780. The van der Waals surface area contributed by atoms with Gasteiger partial charge in [-0.1, -0.05) is 64.2 Å². The molecule has 5 fully saturated rings. The Morgan fingerprint density at radius 2 is 1.03 bits per heavy atom. The topological polar surface area (TPSA) is 12.5 Å². The highest BCUT2D eigenvalue weighted by molar-refractivity contribution is 7.56. The molecule has 2 nitrogen and oxygen atoms in total. The number of hydrogen-bond donors (Lipinski definition) is 0. The van der Waals surface area contributed by atoms with Crippen molar-refractivity contribution in [1.82, 2.24) is 4.67 Å². The Morgan fingerprint density at radius 1 is 0.581 bits per heavy atom. The van der Waals surface area contributed by atoms with Gasteiger partial charge in [0.15, 0.2) is 0 Å². The van der Waals surface area contributed by atoms with Gasteiger partial charge in [-0.2, -0.15) is 0 Å². The summed E-state index contributed by atoms with van der Waals surface area (Å²) >= 11 is 0. The molecule has 5 aliphatic rings. The van der Waals surface area contributed by atoms with Crippen molar-refractivity contribution >= 4 is 17.5 Å². The van der Waals surface area contributed by atoms with Crippen molar-refractivity contribution in [2.45, 2.75) is 151 Å². The van der Waals surface area contributed by atoms with Crippen molar-refractivity contribution < 1.29 is 4.52 Å². The second kappa shape index (κ2) is 11.0. The zero-order valence-corrected chi connectivity index (χ0v) is 22.2. The van der Waals surface area contributed by atoms with Gasteiger partial charge in [0, 0.05) is 22.1 Å². The Morgan fingerprint density at radius 3 is 1.48 bits per heavy atom. The summed E-state index contributed by atoms with van der Waals surface area (Å²) in [5.41, 5.74) is 2.21. The summed E-state index contributed by atoms with van der Waals surface area (Å²) in [4.78, 5) is 0. The second-order valence-corrected chi connectivity index (χ2v) is 14.7. The lowest BCUT2D eigenvalue weighted by Crippen LogP contribution is -2.59. The van der Waals surface area contributed by atoms with E-state index >= 15 is 0 Å². The summed E-state index contributed by atoms with van der Waals surface area (Å²) in [5, 5.41) is 0. The summed E-state index contributed by atoms with van der Waals surface area (Å²) in [7, 11) is 2.90. The van der Waals surface area contributed by atoms with E-state index in [0.29, 0.717) is 6.04 Å². The average Bonchev–Trinajstić information content (AvgIpc) is 3.62. The van der Waals surface area contributed by atoms with Crippen LogP contribution < -0.4 is 0 Å². The van der Waals surface area contributed by atoms with Crippen LogP contribution >= 0.6 is 17.5 Å². The van der Waals surface area contributed by atoms with Gasteiger partial charge < -0.3 is 4.52 Å². The molecule has 0 aromatic heterocycles. The first-order valence-corrected chi connectivity index (χ1v) is 16.2. The molecule has 0 amide bonds. The average molecular weight is 466 g/mol. The monoisotopic (exact) mass is 465 g/mol. The van der Waals surface area contributed by atoms with Crippen LogP contribution in [0.4, 0.5) is 0 Å². The molecule has 4 aliphatic carbocycles. The van der Waals surface area contributed by atoms with E-state index in [9.17, 15) is 0 Å². The molecule has 178 valence electrons. The lowest BCUT2D eigenvalue weighted by molar-refractivity contribution is -0.0951. The fourth-order valence-electron chi connectivity index (χ4n) is 8.80. The molecule has 5 rings (SSSR count). The van der Waals surface area contributed by atoms with E-state index in [1.807, 2.05) is 0 Å². The minimum Gasteiger partial charge on any atom is -0.357 e. The smallest absolute Gasteiger partial charge is 0.0931 e. The summed E-state index contributed by atoms with van der Waals surface area (Å²) in [5.74, 6) is 1.60. The lowest BCUT2D eigenvalue weighted by Gasteiger charge is -2.55. The van der Waals surface area contributed by atoms with Gasteiger partial charge in [-0.25, -0.2) is 0 Å². The SMILES string of the molecule is POC(C1CCCCC1)(C1CCCCC1)C1CCCN1P(C1CCCC1)C1CCCC1. The number of nitrogens with zero attached hydrogens (tertiary/aromatic N) is 1. The van der Waals surface area contributed by atoms with Crippen molar-refractivity contribution in [3.63, 3.8) is 0 Å². The van der Waals surface area contributed by atoms with Crippen LogP contribution in [0.5, 0.6) is 0 Å². The van der Waals surface area contributed by atoms with Crippen molar-refractivity contribution in [1.29, 1.82) is 0 Å². The van der Waals surface area contributed by atoms with Crippen LogP contribution in [0.1, 0.15) is 128 Å². The Balaban J connectivity index is 1.48. The van der Waals surface area contributed by atoms with Gasteiger partial charge in [-0.3, -0.25) is 4.67 Å². The second-order valence-electron chi connectivity index (χ2n) is 11.7. The summed E-state index contributed by atoms with van der Waals surface area (Å²) < 4.78 is 10.1. The largest absolute Gasteiger partial charge is 0.357 e. The number of rotatable bonds is 7. The fourth-order valence-corrected chi connectivity index (χ4v) is 13.6. The minimum absolute atomic E-state index is 0.0287. The number of hydrogen-bond acceptors (Lipinski definition) is 2. The maximum absolute atomic E-state index is 6.89. The highest BCUT2D eigenvalue weighted by Gasteiger charge is 2.56. The van der Waals surface area contributed by atoms with Gasteiger partial charge >= 0.3 is 0 Å². The first kappa shape index (κ1) is 23.5. The first-order valence-electron chi connectivity index (χ1n) is 14.3. The molecule has 0 radical (unpaired) electrons. The molecule has 0 bridgehead atoms. The lowest BCUT2D eigenvalue weighted by atomic mass is 9.63. The minimum atomic E-state index is 0.0287.